The Morgan fingerprint density at radius 3 is 2.27 bits per heavy atom. The first kappa shape index (κ1) is 19.9. The average molecular weight is 408 g/mol. The fourth-order valence-electron chi connectivity index (χ4n) is 3.58. The van der Waals surface area contributed by atoms with Crippen molar-refractivity contribution in [3.63, 3.8) is 0 Å². The Hall–Kier alpha value is -3.35. The first-order chi connectivity index (χ1) is 14.6. The molecule has 3 aromatic rings. The zero-order valence-electron chi connectivity index (χ0n) is 16.4. The van der Waals surface area contributed by atoms with Crippen molar-refractivity contribution in [2.75, 3.05) is 18.0 Å². The van der Waals surface area contributed by atoms with Gasteiger partial charge in [-0.15, -0.1) is 0 Å². The van der Waals surface area contributed by atoms with Crippen LogP contribution in [-0.2, 0) is 11.3 Å². The zero-order valence-corrected chi connectivity index (χ0v) is 16.4. The predicted octanol–water partition coefficient (Wildman–Crippen LogP) is 3.95. The van der Waals surface area contributed by atoms with E-state index in [1.165, 1.54) is 24.3 Å². The van der Waals surface area contributed by atoms with Gasteiger partial charge in [0.15, 0.2) is 0 Å². The number of benzene rings is 2. The van der Waals surface area contributed by atoms with Crippen LogP contribution in [0.5, 0.6) is 0 Å². The summed E-state index contributed by atoms with van der Waals surface area (Å²) in [4.78, 5) is 23.5. The van der Waals surface area contributed by atoms with E-state index in [-0.39, 0.29) is 23.5 Å². The summed E-state index contributed by atoms with van der Waals surface area (Å²) in [6, 6.07) is 12.3. The molecule has 0 bridgehead atoms. The van der Waals surface area contributed by atoms with E-state index in [2.05, 4.69) is 15.3 Å². The summed E-state index contributed by atoms with van der Waals surface area (Å²) in [5.41, 5.74) is 2.51. The van der Waals surface area contributed by atoms with E-state index in [9.17, 15) is 13.6 Å². The molecule has 0 unspecified atom stereocenters. The number of nitrogens with zero attached hydrogens (tertiary/aromatic N) is 3. The van der Waals surface area contributed by atoms with Crippen molar-refractivity contribution in [1.82, 2.24) is 15.3 Å². The molecule has 2 aromatic carbocycles. The van der Waals surface area contributed by atoms with Crippen molar-refractivity contribution in [3.8, 4) is 11.1 Å². The monoisotopic (exact) mass is 408 g/mol. The fourth-order valence-corrected chi connectivity index (χ4v) is 3.58. The molecule has 1 fully saturated rings. The molecule has 0 radical (unpaired) electrons. The SMILES string of the molecule is O=C(NCc1ccc(F)cc1)[C@@H]1CCCN(c2ncc(-c3ccc(F)cc3)cn2)C1. The first-order valence-electron chi connectivity index (χ1n) is 9.93. The van der Waals surface area contributed by atoms with E-state index in [4.69, 9.17) is 0 Å². The van der Waals surface area contributed by atoms with Gasteiger partial charge >= 0.3 is 0 Å². The molecule has 1 aliphatic heterocycles. The van der Waals surface area contributed by atoms with Gasteiger partial charge < -0.3 is 10.2 Å². The minimum Gasteiger partial charge on any atom is -0.352 e. The zero-order chi connectivity index (χ0) is 20.9. The van der Waals surface area contributed by atoms with Crippen LogP contribution in [0.4, 0.5) is 14.7 Å². The highest BCUT2D eigenvalue weighted by molar-refractivity contribution is 5.79. The predicted molar refractivity (Wildman–Crippen MR) is 111 cm³/mol. The van der Waals surface area contributed by atoms with Gasteiger partial charge in [-0.2, -0.15) is 0 Å². The molecule has 1 N–H and O–H groups in total. The molecule has 1 aliphatic rings. The van der Waals surface area contributed by atoms with E-state index >= 15 is 0 Å². The van der Waals surface area contributed by atoms with Crippen molar-refractivity contribution in [1.29, 1.82) is 0 Å². The summed E-state index contributed by atoms with van der Waals surface area (Å²) in [6.45, 7) is 1.71. The third-order valence-corrected chi connectivity index (χ3v) is 5.27. The van der Waals surface area contributed by atoms with E-state index in [1.54, 1.807) is 36.7 Å². The van der Waals surface area contributed by atoms with Crippen LogP contribution >= 0.6 is 0 Å². The topological polar surface area (TPSA) is 58.1 Å². The maximum atomic E-state index is 13.1. The molecule has 7 heteroatoms. The number of halogens is 2. The van der Waals surface area contributed by atoms with E-state index < -0.39 is 0 Å². The standard InChI is InChI=1S/C23H22F2N4O/c24-20-7-3-16(4-8-20)12-26-22(30)18-2-1-11-29(15-18)23-27-13-19(14-28-23)17-5-9-21(25)10-6-17/h3-10,13-14,18H,1-2,11-12,15H2,(H,26,30)/t18-/m1/s1. The normalized spacial score (nSPS) is 16.3. The summed E-state index contributed by atoms with van der Waals surface area (Å²) >= 11 is 0. The highest BCUT2D eigenvalue weighted by atomic mass is 19.1. The van der Waals surface area contributed by atoms with Gasteiger partial charge in [-0.3, -0.25) is 4.79 Å². The Bertz CT molecular complexity index is 991. The molecular weight excluding hydrogens is 386 g/mol. The number of aromatic nitrogens is 2. The van der Waals surface area contributed by atoms with E-state index in [1.807, 2.05) is 4.90 Å². The molecule has 0 spiro atoms. The van der Waals surface area contributed by atoms with Crippen molar-refractivity contribution in [2.24, 2.45) is 5.92 Å². The lowest BCUT2D eigenvalue weighted by atomic mass is 9.97. The average Bonchev–Trinajstić information content (AvgIpc) is 2.79. The summed E-state index contributed by atoms with van der Waals surface area (Å²) in [5.74, 6) is -0.171. The molecule has 0 saturated carbocycles. The van der Waals surface area contributed by atoms with Crippen LogP contribution in [0.1, 0.15) is 18.4 Å². The number of carbonyl (C=O) groups is 1. The maximum Gasteiger partial charge on any atom is 0.225 e. The van der Waals surface area contributed by atoms with Gasteiger partial charge in [0, 0.05) is 37.6 Å². The molecule has 5 nitrogen and oxygen atoms in total. The molecule has 2 heterocycles. The summed E-state index contributed by atoms with van der Waals surface area (Å²) in [6.07, 6.45) is 5.11. The Balaban J connectivity index is 1.36. The van der Waals surface area contributed by atoms with Gasteiger partial charge in [-0.1, -0.05) is 24.3 Å². The number of anilines is 1. The van der Waals surface area contributed by atoms with Crippen LogP contribution in [0.15, 0.2) is 60.9 Å². The Kier molecular flexibility index (Phi) is 5.97. The number of hydrogen-bond donors (Lipinski definition) is 1. The largest absolute Gasteiger partial charge is 0.352 e. The molecule has 1 aromatic heterocycles. The third-order valence-electron chi connectivity index (χ3n) is 5.27. The molecule has 1 saturated heterocycles. The number of hydrogen-bond acceptors (Lipinski definition) is 4. The lowest BCUT2D eigenvalue weighted by Gasteiger charge is -2.32. The van der Waals surface area contributed by atoms with Crippen molar-refractivity contribution < 1.29 is 13.6 Å². The maximum absolute atomic E-state index is 13.1. The first-order valence-corrected chi connectivity index (χ1v) is 9.93. The second-order valence-corrected chi connectivity index (χ2v) is 7.41. The van der Waals surface area contributed by atoms with Crippen molar-refractivity contribution in [2.45, 2.75) is 19.4 Å². The minimum atomic E-state index is -0.293. The third kappa shape index (κ3) is 4.79. The van der Waals surface area contributed by atoms with Gasteiger partial charge in [-0.05, 0) is 48.2 Å². The molecule has 154 valence electrons. The van der Waals surface area contributed by atoms with Crippen LogP contribution in [0.3, 0.4) is 0 Å². The Labute approximate surface area is 173 Å². The number of nitrogens with one attached hydrogen (secondary N) is 1. The van der Waals surface area contributed by atoms with Crippen LogP contribution in [0, 0.1) is 17.6 Å². The van der Waals surface area contributed by atoms with Gasteiger partial charge in [-0.25, -0.2) is 18.7 Å². The number of carbonyl (C=O) groups excluding carboxylic acids is 1. The van der Waals surface area contributed by atoms with Crippen molar-refractivity contribution >= 4 is 11.9 Å². The van der Waals surface area contributed by atoms with Gasteiger partial charge in [0.25, 0.3) is 0 Å². The molecule has 1 atom stereocenters. The molecule has 4 rings (SSSR count). The molecule has 1 amide bonds. The van der Waals surface area contributed by atoms with E-state index in [0.717, 1.165) is 36.1 Å². The van der Waals surface area contributed by atoms with E-state index in [0.29, 0.717) is 19.0 Å². The molecule has 0 aliphatic carbocycles. The second kappa shape index (κ2) is 8.98. The van der Waals surface area contributed by atoms with Crippen LogP contribution in [-0.4, -0.2) is 29.0 Å². The van der Waals surface area contributed by atoms with Gasteiger partial charge in [0.2, 0.25) is 11.9 Å². The van der Waals surface area contributed by atoms with Gasteiger partial charge in [0.05, 0.1) is 5.92 Å². The second-order valence-electron chi connectivity index (χ2n) is 7.41. The summed E-state index contributed by atoms with van der Waals surface area (Å²) < 4.78 is 26.1. The van der Waals surface area contributed by atoms with Crippen LogP contribution < -0.4 is 10.2 Å². The van der Waals surface area contributed by atoms with Gasteiger partial charge in [0.1, 0.15) is 11.6 Å². The van der Waals surface area contributed by atoms with Crippen LogP contribution in [0.2, 0.25) is 0 Å². The lowest BCUT2D eigenvalue weighted by molar-refractivity contribution is -0.125. The highest BCUT2D eigenvalue weighted by Gasteiger charge is 2.27. The minimum absolute atomic E-state index is 0.0213. The summed E-state index contributed by atoms with van der Waals surface area (Å²) in [5, 5.41) is 2.94. The molecular formula is C23H22F2N4O. The number of amides is 1. The Morgan fingerprint density at radius 2 is 1.60 bits per heavy atom. The van der Waals surface area contributed by atoms with Crippen LogP contribution in [0.25, 0.3) is 11.1 Å². The quantitative estimate of drug-likeness (QED) is 0.695. The highest BCUT2D eigenvalue weighted by Crippen LogP contribution is 2.23. The lowest BCUT2D eigenvalue weighted by Crippen LogP contribution is -2.43. The number of piperidine rings is 1. The molecule has 30 heavy (non-hydrogen) atoms. The Morgan fingerprint density at radius 1 is 0.967 bits per heavy atom. The fraction of sp³-hybridized carbons (Fsp3) is 0.261. The number of rotatable bonds is 5. The summed E-state index contributed by atoms with van der Waals surface area (Å²) in [7, 11) is 0. The van der Waals surface area contributed by atoms with Crippen molar-refractivity contribution in [3.05, 3.63) is 78.1 Å². The smallest absolute Gasteiger partial charge is 0.225 e.